The summed E-state index contributed by atoms with van der Waals surface area (Å²) in [6.07, 6.45) is -2.63. The van der Waals surface area contributed by atoms with Gasteiger partial charge in [0.25, 0.3) is 0 Å². The summed E-state index contributed by atoms with van der Waals surface area (Å²) in [7, 11) is 1.25. The van der Waals surface area contributed by atoms with E-state index in [-0.39, 0.29) is 5.57 Å². The number of hydrogen-bond donors (Lipinski definition) is 1. The molecular weight excluding hydrogens is 369 g/mol. The summed E-state index contributed by atoms with van der Waals surface area (Å²) in [6, 6.07) is 3.88. The van der Waals surface area contributed by atoms with Crippen LogP contribution in [0.5, 0.6) is 0 Å². The van der Waals surface area contributed by atoms with Crippen LogP contribution in [0.25, 0.3) is 0 Å². The van der Waals surface area contributed by atoms with Gasteiger partial charge in [-0.3, -0.25) is 0 Å². The number of benzene rings is 1. The SMILES string of the molecule is COC(=O)C1=C(C)Nc2nc(SC)nn2[C@@H]1c1ccc(C(F)(F)F)cc1. The van der Waals surface area contributed by atoms with E-state index in [2.05, 4.69) is 15.4 Å². The number of allylic oxidation sites excluding steroid dienone is 1. The first-order chi connectivity index (χ1) is 12.3. The Bertz CT molecular complexity index is 875. The number of esters is 1. The van der Waals surface area contributed by atoms with E-state index < -0.39 is 23.8 Å². The summed E-state index contributed by atoms with van der Waals surface area (Å²) in [5, 5.41) is 7.81. The zero-order chi connectivity index (χ0) is 19.1. The second kappa shape index (κ2) is 6.67. The number of nitrogens with zero attached hydrogens (tertiary/aromatic N) is 3. The summed E-state index contributed by atoms with van der Waals surface area (Å²) in [5.74, 6) is -0.184. The van der Waals surface area contributed by atoms with Crippen molar-refractivity contribution in [3.05, 3.63) is 46.7 Å². The Kier molecular flexibility index (Phi) is 4.70. The lowest BCUT2D eigenvalue weighted by atomic mass is 9.95. The number of carbonyl (C=O) groups excluding carboxylic acids is 1. The van der Waals surface area contributed by atoms with E-state index in [1.165, 1.54) is 35.7 Å². The lowest BCUT2D eigenvalue weighted by molar-refractivity contribution is -0.138. The highest BCUT2D eigenvalue weighted by Crippen LogP contribution is 2.37. The van der Waals surface area contributed by atoms with Crippen LogP contribution in [-0.4, -0.2) is 34.1 Å². The van der Waals surface area contributed by atoms with E-state index in [1.807, 2.05) is 0 Å². The number of methoxy groups -OCH3 is 1. The molecule has 10 heteroatoms. The molecule has 0 radical (unpaired) electrons. The molecule has 3 rings (SSSR count). The minimum atomic E-state index is -4.44. The van der Waals surface area contributed by atoms with Gasteiger partial charge < -0.3 is 10.1 Å². The van der Waals surface area contributed by atoms with Crippen LogP contribution in [0.15, 0.2) is 40.7 Å². The second-order valence-electron chi connectivity index (χ2n) is 5.54. The molecule has 0 saturated heterocycles. The lowest BCUT2D eigenvalue weighted by Gasteiger charge is -2.28. The third-order valence-corrected chi connectivity index (χ3v) is 4.51. The summed E-state index contributed by atoms with van der Waals surface area (Å²) in [4.78, 5) is 16.6. The number of fused-ring (bicyclic) bond motifs is 1. The van der Waals surface area contributed by atoms with Crippen LogP contribution < -0.4 is 5.32 Å². The van der Waals surface area contributed by atoms with Gasteiger partial charge in [-0.25, -0.2) is 9.48 Å². The molecule has 0 saturated carbocycles. The second-order valence-corrected chi connectivity index (χ2v) is 6.32. The molecule has 0 bridgehead atoms. The van der Waals surface area contributed by atoms with Gasteiger partial charge in [0, 0.05) is 5.70 Å². The number of hydrogen-bond acceptors (Lipinski definition) is 6. The maximum Gasteiger partial charge on any atom is 0.416 e. The first-order valence-electron chi connectivity index (χ1n) is 7.50. The van der Waals surface area contributed by atoms with Crippen molar-refractivity contribution in [2.24, 2.45) is 0 Å². The largest absolute Gasteiger partial charge is 0.466 e. The molecule has 1 aromatic heterocycles. The molecule has 1 aliphatic heterocycles. The van der Waals surface area contributed by atoms with Gasteiger partial charge >= 0.3 is 12.1 Å². The van der Waals surface area contributed by atoms with Gasteiger partial charge in [-0.2, -0.15) is 18.2 Å². The van der Waals surface area contributed by atoms with Crippen LogP contribution >= 0.6 is 11.8 Å². The van der Waals surface area contributed by atoms with Gasteiger partial charge in [-0.15, -0.1) is 5.10 Å². The molecule has 0 aliphatic carbocycles. The Labute approximate surface area is 151 Å². The molecule has 2 heterocycles. The van der Waals surface area contributed by atoms with Crippen molar-refractivity contribution < 1.29 is 22.7 Å². The fraction of sp³-hybridized carbons (Fsp3) is 0.312. The summed E-state index contributed by atoms with van der Waals surface area (Å²) in [6.45, 7) is 1.68. The average molecular weight is 384 g/mol. The van der Waals surface area contributed by atoms with Crippen LogP contribution in [-0.2, 0) is 15.7 Å². The maximum atomic E-state index is 12.8. The van der Waals surface area contributed by atoms with Gasteiger partial charge in [0.1, 0.15) is 6.04 Å². The van der Waals surface area contributed by atoms with E-state index in [9.17, 15) is 18.0 Å². The minimum absolute atomic E-state index is 0.261. The van der Waals surface area contributed by atoms with Crippen LogP contribution in [0.2, 0.25) is 0 Å². The highest BCUT2D eigenvalue weighted by Gasteiger charge is 2.36. The molecule has 138 valence electrons. The Hall–Kier alpha value is -2.49. The van der Waals surface area contributed by atoms with Crippen molar-refractivity contribution in [3.63, 3.8) is 0 Å². The van der Waals surface area contributed by atoms with E-state index in [0.717, 1.165) is 12.1 Å². The molecule has 0 unspecified atom stereocenters. The summed E-state index contributed by atoms with van der Waals surface area (Å²) < 4.78 is 44.9. The van der Waals surface area contributed by atoms with Crippen molar-refractivity contribution in [2.45, 2.75) is 24.3 Å². The molecule has 26 heavy (non-hydrogen) atoms. The highest BCUT2D eigenvalue weighted by molar-refractivity contribution is 7.98. The zero-order valence-electron chi connectivity index (χ0n) is 14.1. The van der Waals surface area contributed by atoms with Crippen LogP contribution in [0.4, 0.5) is 19.1 Å². The molecule has 6 nitrogen and oxygen atoms in total. The zero-order valence-corrected chi connectivity index (χ0v) is 14.9. The number of rotatable bonds is 3. The number of halogens is 3. The van der Waals surface area contributed by atoms with Gasteiger partial charge in [-0.1, -0.05) is 23.9 Å². The number of ether oxygens (including phenoxy) is 1. The van der Waals surface area contributed by atoms with Crippen molar-refractivity contribution in [3.8, 4) is 0 Å². The van der Waals surface area contributed by atoms with E-state index in [0.29, 0.717) is 22.4 Å². The number of alkyl halides is 3. The molecule has 1 aliphatic rings. The van der Waals surface area contributed by atoms with Crippen LogP contribution in [0.1, 0.15) is 24.1 Å². The van der Waals surface area contributed by atoms with Gasteiger partial charge in [0.2, 0.25) is 11.1 Å². The van der Waals surface area contributed by atoms with Crippen LogP contribution in [0, 0.1) is 0 Å². The smallest absolute Gasteiger partial charge is 0.416 e. The maximum absolute atomic E-state index is 12.8. The van der Waals surface area contributed by atoms with Crippen molar-refractivity contribution in [1.82, 2.24) is 14.8 Å². The highest BCUT2D eigenvalue weighted by atomic mass is 32.2. The Morgan fingerprint density at radius 1 is 1.31 bits per heavy atom. The number of nitrogens with one attached hydrogen (secondary N) is 1. The van der Waals surface area contributed by atoms with E-state index in [4.69, 9.17) is 4.74 Å². The average Bonchev–Trinajstić information content (AvgIpc) is 3.01. The topological polar surface area (TPSA) is 69.0 Å². The lowest BCUT2D eigenvalue weighted by Crippen LogP contribution is -2.29. The number of aromatic nitrogens is 3. The third-order valence-electron chi connectivity index (χ3n) is 3.97. The predicted octanol–water partition coefficient (Wildman–Crippen LogP) is 3.48. The van der Waals surface area contributed by atoms with E-state index >= 15 is 0 Å². The first-order valence-corrected chi connectivity index (χ1v) is 8.72. The molecular formula is C16H15F3N4O2S. The molecule has 0 spiro atoms. The first kappa shape index (κ1) is 18.3. The van der Waals surface area contributed by atoms with Gasteiger partial charge in [0.15, 0.2) is 0 Å². The molecule has 1 N–H and O–H groups in total. The van der Waals surface area contributed by atoms with E-state index in [1.54, 1.807) is 13.2 Å². The number of thioether (sulfide) groups is 1. The van der Waals surface area contributed by atoms with Crippen LogP contribution in [0.3, 0.4) is 0 Å². The Morgan fingerprint density at radius 2 is 1.96 bits per heavy atom. The van der Waals surface area contributed by atoms with Crippen molar-refractivity contribution >= 4 is 23.7 Å². The fourth-order valence-corrected chi connectivity index (χ4v) is 3.10. The number of anilines is 1. The number of carbonyl (C=O) groups is 1. The molecule has 2 aromatic rings. The van der Waals surface area contributed by atoms with Gasteiger partial charge in [-0.05, 0) is 30.9 Å². The normalized spacial score (nSPS) is 16.9. The monoisotopic (exact) mass is 384 g/mol. The summed E-state index contributed by atoms with van der Waals surface area (Å²) in [5.41, 5.74) is 0.476. The Morgan fingerprint density at radius 3 is 2.50 bits per heavy atom. The summed E-state index contributed by atoms with van der Waals surface area (Å²) >= 11 is 1.32. The molecule has 1 aromatic carbocycles. The van der Waals surface area contributed by atoms with Crippen molar-refractivity contribution in [1.29, 1.82) is 0 Å². The standard InChI is InChI=1S/C16H15F3N4O2S/c1-8-11(13(24)25-2)12(23-14(20-8)21-15(22-23)26-3)9-4-6-10(7-5-9)16(17,18)19/h4-7,12H,1-3H3,(H,20,21,22)/t12-/m1/s1. The quantitative estimate of drug-likeness (QED) is 0.646. The molecule has 1 atom stereocenters. The van der Waals surface area contributed by atoms with Gasteiger partial charge in [0.05, 0.1) is 18.2 Å². The minimum Gasteiger partial charge on any atom is -0.466 e. The molecule has 0 fully saturated rings. The van der Waals surface area contributed by atoms with Crippen molar-refractivity contribution in [2.75, 3.05) is 18.7 Å². The Balaban J connectivity index is 2.14. The predicted molar refractivity (Wildman–Crippen MR) is 89.7 cm³/mol. The fourth-order valence-electron chi connectivity index (χ4n) is 2.75. The third kappa shape index (κ3) is 3.16. The molecule has 0 amide bonds.